The monoisotopic (exact) mass is 1400 g/mol. The average molecular weight is 1400 g/mol. The molecule has 564 valence electrons. The minimum absolute atomic E-state index is 0.103. The van der Waals surface area contributed by atoms with Gasteiger partial charge in [0.2, 0.25) is 0 Å². The van der Waals surface area contributed by atoms with Crippen LogP contribution in [-0.2, 0) is 65.4 Å². The highest BCUT2D eigenvalue weighted by Crippen LogP contribution is 2.45. The number of hydrogen-bond donors (Lipinski definition) is 3. The predicted octanol–water partition coefficient (Wildman–Crippen LogP) is 22.2. The molecule has 0 saturated heterocycles. The van der Waals surface area contributed by atoms with E-state index in [2.05, 4.69) is 48.5 Å². The Bertz CT molecular complexity index is 1860. The van der Waals surface area contributed by atoms with E-state index < -0.39 is 97.5 Å². The minimum Gasteiger partial charge on any atom is -0.462 e. The summed E-state index contributed by atoms with van der Waals surface area (Å²) < 4.78 is 68.5. The zero-order chi connectivity index (χ0) is 70.1. The molecule has 0 aliphatic heterocycles. The SMILES string of the molecule is CCCCCCCCCCCCC(=O)OC[C@H](COP(=O)(O)OC[C@H](O)COP(=O)(O)OC[C@@H](COC(=O)CCCCCCCCCCCCC(C)CC)OC(=O)CCCCCCCCCCCCCCCCCCCCC(C)C)OC(=O)CCCCCCCCC(C)CC. The van der Waals surface area contributed by atoms with Crippen LogP contribution in [-0.4, -0.2) is 96.7 Å². The van der Waals surface area contributed by atoms with Crippen molar-refractivity contribution in [2.24, 2.45) is 17.8 Å². The number of ether oxygens (including phenoxy) is 4. The highest BCUT2D eigenvalue weighted by atomic mass is 31.2. The lowest BCUT2D eigenvalue weighted by atomic mass is 9.99. The Hall–Kier alpha value is -1.94. The maximum Gasteiger partial charge on any atom is 0.472 e. The lowest BCUT2D eigenvalue weighted by Crippen LogP contribution is -2.30. The van der Waals surface area contributed by atoms with Crippen molar-refractivity contribution in [1.29, 1.82) is 0 Å². The van der Waals surface area contributed by atoms with Crippen molar-refractivity contribution < 1.29 is 80.2 Å². The standard InChI is InChI=1S/C76H148O17P2/c1-8-11-12-13-14-15-30-35-43-50-57-73(78)87-64-72(93-76(81)60-53-46-39-38-42-49-56-69(7)10-3)66-91-95(84,85)89-62-70(77)61-88-94(82,83)90-65-71(63-86-74(79)58-51-44-36-31-27-26-29-34-41-48-55-68(6)9-2)92-75(80)59-52-45-37-32-25-23-21-19-17-16-18-20-22-24-28-33-40-47-54-67(4)5/h67-72,77H,8-66H2,1-7H3,(H,82,83)(H,84,85)/t68?,69?,70-,71-,72-/m1/s1. The van der Waals surface area contributed by atoms with Crippen LogP contribution in [0.4, 0.5) is 0 Å². The molecule has 17 nitrogen and oxygen atoms in total. The topological polar surface area (TPSA) is 237 Å². The molecule has 0 aromatic rings. The Kier molecular flexibility index (Phi) is 65.2. The van der Waals surface area contributed by atoms with Gasteiger partial charge in [0.25, 0.3) is 0 Å². The number of phosphoric acid groups is 2. The van der Waals surface area contributed by atoms with Crippen molar-refractivity contribution >= 4 is 39.5 Å². The van der Waals surface area contributed by atoms with Crippen molar-refractivity contribution in [2.45, 2.75) is 407 Å². The molecular weight excluding hydrogens is 1250 g/mol. The third-order valence-corrected chi connectivity index (χ3v) is 20.3. The van der Waals surface area contributed by atoms with Gasteiger partial charge < -0.3 is 33.8 Å². The smallest absolute Gasteiger partial charge is 0.462 e. The molecule has 0 radical (unpaired) electrons. The lowest BCUT2D eigenvalue weighted by Gasteiger charge is -2.21. The van der Waals surface area contributed by atoms with Gasteiger partial charge in [0.1, 0.15) is 19.3 Å². The maximum absolute atomic E-state index is 13.1. The van der Waals surface area contributed by atoms with Gasteiger partial charge in [0.15, 0.2) is 12.2 Å². The van der Waals surface area contributed by atoms with Gasteiger partial charge in [0, 0.05) is 25.7 Å². The summed E-state index contributed by atoms with van der Waals surface area (Å²) in [5.41, 5.74) is 0. The van der Waals surface area contributed by atoms with Crippen molar-refractivity contribution in [3.8, 4) is 0 Å². The zero-order valence-electron chi connectivity index (χ0n) is 62.1. The third-order valence-electron chi connectivity index (χ3n) is 18.4. The van der Waals surface area contributed by atoms with Crippen LogP contribution >= 0.6 is 15.6 Å². The molecule has 0 saturated carbocycles. The van der Waals surface area contributed by atoms with Crippen LogP contribution in [0.25, 0.3) is 0 Å². The summed E-state index contributed by atoms with van der Waals surface area (Å²) in [7, 11) is -9.91. The van der Waals surface area contributed by atoms with Gasteiger partial charge in [-0.1, -0.05) is 337 Å². The van der Waals surface area contributed by atoms with E-state index >= 15 is 0 Å². The molecule has 0 rings (SSSR count). The fourth-order valence-corrected chi connectivity index (χ4v) is 13.1. The Morgan fingerprint density at radius 2 is 0.537 bits per heavy atom. The first-order valence-corrected chi connectivity index (χ1v) is 42.4. The summed E-state index contributed by atoms with van der Waals surface area (Å²) >= 11 is 0. The fraction of sp³-hybridized carbons (Fsp3) is 0.947. The Morgan fingerprint density at radius 1 is 0.305 bits per heavy atom. The van der Waals surface area contributed by atoms with Crippen LogP contribution < -0.4 is 0 Å². The Balaban J connectivity index is 5.20. The van der Waals surface area contributed by atoms with Gasteiger partial charge in [-0.25, -0.2) is 9.13 Å². The van der Waals surface area contributed by atoms with E-state index in [1.165, 1.54) is 199 Å². The molecule has 0 amide bonds. The number of unbranched alkanes of at least 4 members (excludes halogenated alkanes) is 40. The van der Waals surface area contributed by atoms with Crippen LogP contribution in [0.15, 0.2) is 0 Å². The maximum atomic E-state index is 13.1. The highest BCUT2D eigenvalue weighted by Gasteiger charge is 2.30. The van der Waals surface area contributed by atoms with Gasteiger partial charge in [-0.05, 0) is 43.4 Å². The van der Waals surface area contributed by atoms with E-state index in [1.807, 2.05) is 0 Å². The zero-order valence-corrected chi connectivity index (χ0v) is 63.9. The third kappa shape index (κ3) is 67.6. The van der Waals surface area contributed by atoms with Crippen molar-refractivity contribution in [2.75, 3.05) is 39.6 Å². The molecule has 0 aromatic carbocycles. The molecule has 95 heavy (non-hydrogen) atoms. The highest BCUT2D eigenvalue weighted by molar-refractivity contribution is 7.47. The van der Waals surface area contributed by atoms with Gasteiger partial charge in [0.05, 0.1) is 26.4 Å². The van der Waals surface area contributed by atoms with Crippen molar-refractivity contribution in [1.82, 2.24) is 0 Å². The van der Waals surface area contributed by atoms with Crippen molar-refractivity contribution in [3.05, 3.63) is 0 Å². The van der Waals surface area contributed by atoms with E-state index in [0.29, 0.717) is 25.7 Å². The quantitative estimate of drug-likeness (QED) is 0.0222. The molecule has 0 aromatic heterocycles. The van der Waals surface area contributed by atoms with Gasteiger partial charge in [-0.3, -0.25) is 37.3 Å². The van der Waals surface area contributed by atoms with E-state index in [9.17, 15) is 43.2 Å². The number of esters is 4. The first-order chi connectivity index (χ1) is 45.8. The number of carbonyl (C=O) groups is 4. The second-order valence-corrected chi connectivity index (χ2v) is 31.3. The molecule has 0 bridgehead atoms. The van der Waals surface area contributed by atoms with Crippen LogP contribution in [0.2, 0.25) is 0 Å². The lowest BCUT2D eigenvalue weighted by molar-refractivity contribution is -0.161. The Morgan fingerprint density at radius 3 is 0.800 bits per heavy atom. The largest absolute Gasteiger partial charge is 0.472 e. The fourth-order valence-electron chi connectivity index (χ4n) is 11.5. The molecular formula is C76H148O17P2. The summed E-state index contributed by atoms with van der Waals surface area (Å²) in [6, 6.07) is 0. The van der Waals surface area contributed by atoms with Crippen LogP contribution in [0, 0.1) is 17.8 Å². The number of rotatable bonds is 74. The van der Waals surface area contributed by atoms with E-state index in [1.54, 1.807) is 0 Å². The summed E-state index contributed by atoms with van der Waals surface area (Å²) in [5, 5.41) is 10.6. The molecule has 0 aliphatic rings. The number of aliphatic hydroxyl groups is 1. The van der Waals surface area contributed by atoms with E-state index in [0.717, 1.165) is 108 Å². The molecule has 7 atom stereocenters. The second kappa shape index (κ2) is 66.6. The molecule has 3 N–H and O–H groups in total. The first kappa shape index (κ1) is 93.1. The summed E-state index contributed by atoms with van der Waals surface area (Å²) in [6.45, 7) is 11.9. The number of hydrogen-bond acceptors (Lipinski definition) is 15. The molecule has 0 heterocycles. The van der Waals surface area contributed by atoms with Crippen LogP contribution in [0.1, 0.15) is 389 Å². The molecule has 0 aliphatic carbocycles. The molecule has 19 heteroatoms. The summed E-state index contributed by atoms with van der Waals surface area (Å²) in [4.78, 5) is 72.7. The number of aliphatic hydroxyl groups excluding tert-OH is 1. The first-order valence-electron chi connectivity index (χ1n) is 39.4. The average Bonchev–Trinajstić information content (AvgIpc) is 1.42. The summed E-state index contributed by atoms with van der Waals surface area (Å²) in [6.07, 6.45) is 52.8. The van der Waals surface area contributed by atoms with Crippen molar-refractivity contribution in [3.63, 3.8) is 0 Å². The predicted molar refractivity (Wildman–Crippen MR) is 386 cm³/mol. The van der Waals surface area contributed by atoms with Gasteiger partial charge >= 0.3 is 39.5 Å². The van der Waals surface area contributed by atoms with Gasteiger partial charge in [-0.15, -0.1) is 0 Å². The normalized spacial score (nSPS) is 14.6. The molecule has 0 spiro atoms. The van der Waals surface area contributed by atoms with Crippen LogP contribution in [0.3, 0.4) is 0 Å². The van der Waals surface area contributed by atoms with E-state index in [-0.39, 0.29) is 25.7 Å². The Labute approximate surface area is 581 Å². The number of carbonyl (C=O) groups excluding carboxylic acids is 4. The molecule has 0 fully saturated rings. The molecule has 4 unspecified atom stereocenters. The summed E-state index contributed by atoms with van der Waals surface area (Å²) in [5.74, 6) is 0.229. The van der Waals surface area contributed by atoms with E-state index in [4.69, 9.17) is 37.0 Å². The number of phosphoric ester groups is 2. The second-order valence-electron chi connectivity index (χ2n) is 28.4. The van der Waals surface area contributed by atoms with Crippen LogP contribution in [0.5, 0.6) is 0 Å². The minimum atomic E-state index is -4.96. The van der Waals surface area contributed by atoms with Gasteiger partial charge in [-0.2, -0.15) is 0 Å².